The van der Waals surface area contributed by atoms with Crippen molar-refractivity contribution in [1.82, 2.24) is 9.47 Å². The molecule has 0 amide bonds. The Morgan fingerprint density at radius 2 is 1.48 bits per heavy atom. The normalized spacial score (nSPS) is 22.2. The van der Waals surface area contributed by atoms with Gasteiger partial charge in [0.25, 0.3) is 0 Å². The van der Waals surface area contributed by atoms with Gasteiger partial charge in [0.15, 0.2) is 0 Å². The molecule has 5 aromatic rings. The fourth-order valence-corrected chi connectivity index (χ4v) is 12.5. The number of benzene rings is 2. The van der Waals surface area contributed by atoms with Gasteiger partial charge in [-0.05, 0) is 122 Å². The Morgan fingerprint density at radius 1 is 0.655 bits per heavy atom. The lowest BCUT2D eigenvalue weighted by Gasteiger charge is -2.41. The molecule has 286 valence electrons. The van der Waals surface area contributed by atoms with Crippen LogP contribution in [0.15, 0.2) is 131 Å². The second-order valence-electron chi connectivity index (χ2n) is 17.0. The topological polar surface area (TPSA) is 21.3 Å². The molecule has 3 unspecified atom stereocenters. The molecule has 3 nitrogen and oxygen atoms in total. The van der Waals surface area contributed by atoms with E-state index in [1.807, 2.05) is 11.3 Å². The number of aromatic nitrogens is 1. The van der Waals surface area contributed by atoms with E-state index in [4.69, 9.17) is 4.42 Å². The highest BCUT2D eigenvalue weighted by Crippen LogP contribution is 2.48. The number of rotatable bonds is 6. The van der Waals surface area contributed by atoms with Gasteiger partial charge < -0.3 is 13.9 Å². The molecule has 0 aliphatic heterocycles. The fraction of sp³-hybridized carbons (Fsp3) is 0.259. The van der Waals surface area contributed by atoms with Gasteiger partial charge in [-0.25, -0.2) is 0 Å². The van der Waals surface area contributed by atoms with E-state index in [1.165, 1.54) is 77.2 Å². The third-order valence-corrected chi connectivity index (χ3v) is 15.1. The maximum Gasteiger partial charge on any atom is 0.140 e. The van der Waals surface area contributed by atoms with E-state index in [9.17, 15) is 0 Å². The standard InChI is InChI=1S/C54H48N2OS/c1-3-12-35(13-4-1)36-22-26-39(27-23-36)55(40-28-24-37(25-29-40)42-18-11-19-46-44-17-8-10-21-51(44)58-54(42)46)41-30-31-47-49(34-41)56(38-14-5-2-6-15-38)48-33-32-45-43-16-7-9-20-50(43)57-53(45)52(47)48/h1-6,9-10,12-15,19-22,24-28,30-31,36,40-41H,7-8,11,16-18,23,29,32-34H2. The van der Waals surface area contributed by atoms with Gasteiger partial charge in [0.2, 0.25) is 0 Å². The molecule has 0 saturated carbocycles. The van der Waals surface area contributed by atoms with Crippen LogP contribution in [0.2, 0.25) is 0 Å². The zero-order valence-electron chi connectivity index (χ0n) is 33.0. The summed E-state index contributed by atoms with van der Waals surface area (Å²) in [6.45, 7) is 0. The quantitative estimate of drug-likeness (QED) is 0.171. The predicted molar refractivity (Wildman–Crippen MR) is 241 cm³/mol. The smallest absolute Gasteiger partial charge is 0.140 e. The molecule has 7 aliphatic rings. The maximum absolute atomic E-state index is 6.80. The number of nitrogens with zero attached hydrogens (tertiary/aromatic N) is 2. The van der Waals surface area contributed by atoms with E-state index in [0.717, 1.165) is 75.7 Å². The van der Waals surface area contributed by atoms with Crippen LogP contribution in [0.4, 0.5) is 0 Å². The minimum atomic E-state index is 0.201. The molecule has 58 heavy (non-hydrogen) atoms. The van der Waals surface area contributed by atoms with Gasteiger partial charge in [-0.2, -0.15) is 0 Å². The first-order valence-electron chi connectivity index (χ1n) is 21.7. The highest BCUT2D eigenvalue weighted by atomic mass is 32.1. The lowest BCUT2D eigenvalue weighted by Crippen LogP contribution is -2.43. The van der Waals surface area contributed by atoms with Gasteiger partial charge in [0.05, 0.1) is 12.1 Å². The van der Waals surface area contributed by atoms with Gasteiger partial charge in [-0.3, -0.25) is 0 Å². The summed E-state index contributed by atoms with van der Waals surface area (Å²) in [7, 11) is 0. The summed E-state index contributed by atoms with van der Waals surface area (Å²) < 4.78 is 10.9. The fourth-order valence-electron chi connectivity index (χ4n) is 11.1. The zero-order chi connectivity index (χ0) is 38.2. The Bertz CT molecular complexity index is 2830. The Kier molecular flexibility index (Phi) is 8.35. The third-order valence-electron chi connectivity index (χ3n) is 13.8. The first-order valence-corrected chi connectivity index (χ1v) is 22.5. The average molecular weight is 773 g/mol. The molecule has 0 spiro atoms. The monoisotopic (exact) mass is 772 g/mol. The Morgan fingerprint density at radius 3 is 2.31 bits per heavy atom. The molecule has 2 aromatic carbocycles. The first kappa shape index (κ1) is 34.5. The number of hydrogen-bond donors (Lipinski definition) is 0. The highest BCUT2D eigenvalue weighted by molar-refractivity contribution is 7.11. The van der Waals surface area contributed by atoms with Crippen molar-refractivity contribution in [2.75, 3.05) is 0 Å². The summed E-state index contributed by atoms with van der Waals surface area (Å²) in [5, 5.41) is 1.53. The Balaban J connectivity index is 0.937. The molecule has 12 rings (SSSR count). The summed E-state index contributed by atoms with van der Waals surface area (Å²) >= 11 is 2.02. The summed E-state index contributed by atoms with van der Waals surface area (Å²) in [5.41, 5.74) is 16.9. The van der Waals surface area contributed by atoms with E-state index >= 15 is 0 Å². The van der Waals surface area contributed by atoms with E-state index in [-0.39, 0.29) is 12.1 Å². The molecule has 3 aromatic heterocycles. The molecule has 3 heterocycles. The summed E-state index contributed by atoms with van der Waals surface area (Å²) in [6.07, 6.45) is 43.4. The van der Waals surface area contributed by atoms with Gasteiger partial charge in [0.1, 0.15) is 11.5 Å². The largest absolute Gasteiger partial charge is 0.456 e. The van der Waals surface area contributed by atoms with Crippen molar-refractivity contribution in [3.8, 4) is 17.0 Å². The Hall–Kier alpha value is -5.58. The molecule has 7 aliphatic carbocycles. The van der Waals surface area contributed by atoms with Crippen molar-refractivity contribution in [3.63, 3.8) is 0 Å². The number of furan rings is 1. The van der Waals surface area contributed by atoms with E-state index < -0.39 is 0 Å². The van der Waals surface area contributed by atoms with Crippen molar-refractivity contribution in [1.29, 1.82) is 0 Å². The highest BCUT2D eigenvalue weighted by Gasteiger charge is 2.37. The third kappa shape index (κ3) is 5.59. The van der Waals surface area contributed by atoms with E-state index in [0.29, 0.717) is 5.92 Å². The molecule has 4 heteroatoms. The molecule has 0 N–H and O–H groups in total. The minimum absolute atomic E-state index is 0.201. The molecule has 0 fully saturated rings. The van der Waals surface area contributed by atoms with Crippen LogP contribution < -0.4 is 9.75 Å². The van der Waals surface area contributed by atoms with Crippen LogP contribution in [0.1, 0.15) is 94.3 Å². The maximum atomic E-state index is 6.80. The van der Waals surface area contributed by atoms with Crippen molar-refractivity contribution in [2.45, 2.75) is 88.6 Å². The summed E-state index contributed by atoms with van der Waals surface area (Å²) in [5.74, 6) is 2.59. The molecule has 3 atom stereocenters. The van der Waals surface area contributed by atoms with Crippen LogP contribution in [0.5, 0.6) is 0 Å². The number of hydrogen-bond acceptors (Lipinski definition) is 3. The van der Waals surface area contributed by atoms with Crippen LogP contribution in [0, 0.1) is 0 Å². The number of thiophene rings is 1. The van der Waals surface area contributed by atoms with Gasteiger partial charge in [-0.15, -0.1) is 11.3 Å². The van der Waals surface area contributed by atoms with E-state index in [1.54, 1.807) is 11.1 Å². The van der Waals surface area contributed by atoms with Crippen LogP contribution >= 0.6 is 11.3 Å². The van der Waals surface area contributed by atoms with Crippen LogP contribution in [0.25, 0.3) is 46.9 Å². The van der Waals surface area contributed by atoms with Crippen LogP contribution in [0.3, 0.4) is 0 Å². The minimum Gasteiger partial charge on any atom is -0.456 e. The lowest BCUT2D eigenvalue weighted by molar-refractivity contribution is 0.247. The number of para-hydroxylation sites is 1. The molecular weight excluding hydrogens is 725 g/mol. The van der Waals surface area contributed by atoms with Gasteiger partial charge >= 0.3 is 0 Å². The second-order valence-corrected chi connectivity index (χ2v) is 18.0. The second kappa shape index (κ2) is 14.1. The summed E-state index contributed by atoms with van der Waals surface area (Å²) in [4.78, 5) is 4.23. The first-order chi connectivity index (χ1) is 28.8. The zero-order valence-corrected chi connectivity index (χ0v) is 33.8. The van der Waals surface area contributed by atoms with Crippen molar-refractivity contribution in [2.24, 2.45) is 0 Å². The lowest BCUT2D eigenvalue weighted by atomic mass is 9.86. The van der Waals surface area contributed by atoms with Crippen LogP contribution in [-0.2, 0) is 32.1 Å². The number of fused-ring (bicyclic) bond motifs is 10. The predicted octanol–water partition coefficient (Wildman–Crippen LogP) is 11.4. The van der Waals surface area contributed by atoms with Crippen molar-refractivity contribution >= 4 is 41.2 Å². The Labute approximate surface area is 345 Å². The number of allylic oxidation sites excluding steroid dienone is 7. The summed E-state index contributed by atoms with van der Waals surface area (Å²) in [6, 6.07) is 22.5. The molecule has 0 saturated heterocycles. The van der Waals surface area contributed by atoms with Crippen LogP contribution in [-0.4, -0.2) is 21.6 Å². The molecular formula is C54H48N2OS. The van der Waals surface area contributed by atoms with E-state index in [2.05, 4.69) is 149 Å². The molecule has 0 radical (unpaired) electrons. The van der Waals surface area contributed by atoms with Crippen molar-refractivity contribution < 1.29 is 4.42 Å². The average Bonchev–Trinajstić information content (AvgIpc) is 3.97. The molecule has 0 bridgehead atoms. The van der Waals surface area contributed by atoms with Gasteiger partial charge in [0, 0.05) is 66.8 Å². The van der Waals surface area contributed by atoms with Crippen molar-refractivity contribution in [3.05, 3.63) is 186 Å². The SMILES string of the molecule is C1=Cc2oc3c(c2CC1)CCc1c-3c2c(n1-c1ccccc1)CC(N(C1=CCC(c3ccccc3)C=C1)C1C=CC(C3=c4sc5c(c4=CCC3)CCC=C5)=CC1)C=C2. The van der Waals surface area contributed by atoms with Gasteiger partial charge in [-0.1, -0.05) is 109 Å².